The molecule has 0 unspecified atom stereocenters. The lowest BCUT2D eigenvalue weighted by atomic mass is 9.99. The van der Waals surface area contributed by atoms with E-state index in [-0.39, 0.29) is 11.9 Å². The van der Waals surface area contributed by atoms with Crippen LogP contribution in [0.2, 0.25) is 0 Å². The van der Waals surface area contributed by atoms with Gasteiger partial charge in [0, 0.05) is 35.5 Å². The van der Waals surface area contributed by atoms with Gasteiger partial charge in [-0.05, 0) is 12.1 Å². The minimum absolute atomic E-state index is 0.0622. The van der Waals surface area contributed by atoms with Crippen LogP contribution in [0.3, 0.4) is 0 Å². The first kappa shape index (κ1) is 16.3. The second-order valence-electron chi connectivity index (χ2n) is 6.18. The van der Waals surface area contributed by atoms with Crippen LogP contribution in [0.1, 0.15) is 28.4 Å². The Morgan fingerprint density at radius 2 is 1.92 bits per heavy atom. The lowest BCUT2D eigenvalue weighted by Gasteiger charge is -2.26. The third-order valence-electron chi connectivity index (χ3n) is 4.65. The summed E-state index contributed by atoms with van der Waals surface area (Å²) >= 11 is 0. The summed E-state index contributed by atoms with van der Waals surface area (Å²) in [5.74, 6) is 1.45. The average Bonchev–Trinajstić information content (AvgIpc) is 3.18. The number of aromatic nitrogens is 1. The molecule has 3 aromatic rings. The first-order chi connectivity index (χ1) is 12.8. The molecule has 0 fully saturated rings. The van der Waals surface area contributed by atoms with Gasteiger partial charge in [-0.15, -0.1) is 0 Å². The van der Waals surface area contributed by atoms with Crippen LogP contribution in [0.5, 0.6) is 11.5 Å². The number of para-hydroxylation sites is 2. The average molecular weight is 348 g/mol. The van der Waals surface area contributed by atoms with E-state index in [0.717, 1.165) is 34.6 Å². The van der Waals surface area contributed by atoms with Gasteiger partial charge in [0.1, 0.15) is 11.5 Å². The number of H-pyrrole nitrogens is 1. The first-order valence-electron chi connectivity index (χ1n) is 8.60. The summed E-state index contributed by atoms with van der Waals surface area (Å²) in [4.78, 5) is 16.0. The molecule has 2 heterocycles. The number of aromatic amines is 1. The number of carbonyl (C=O) groups is 1. The van der Waals surface area contributed by atoms with Crippen LogP contribution < -0.4 is 14.8 Å². The Balaban J connectivity index is 1.62. The molecular formula is C21H20N2O3. The highest BCUT2D eigenvalue weighted by molar-refractivity contribution is 6.01. The Bertz CT molecular complexity index is 932. The van der Waals surface area contributed by atoms with Crippen molar-refractivity contribution < 1.29 is 14.3 Å². The fourth-order valence-electron chi connectivity index (χ4n) is 3.37. The predicted molar refractivity (Wildman–Crippen MR) is 99.5 cm³/mol. The highest BCUT2D eigenvalue weighted by Crippen LogP contribution is 2.34. The van der Waals surface area contributed by atoms with E-state index in [1.54, 1.807) is 13.3 Å². The highest BCUT2D eigenvalue weighted by atomic mass is 16.5. The third kappa shape index (κ3) is 2.92. The maximum absolute atomic E-state index is 13.0. The molecule has 0 saturated carbocycles. The van der Waals surface area contributed by atoms with Crippen LogP contribution in [0, 0.1) is 0 Å². The Kier molecular flexibility index (Phi) is 4.35. The van der Waals surface area contributed by atoms with E-state index in [9.17, 15) is 4.79 Å². The van der Waals surface area contributed by atoms with E-state index in [1.165, 1.54) is 0 Å². The fourth-order valence-corrected chi connectivity index (χ4v) is 3.37. The summed E-state index contributed by atoms with van der Waals surface area (Å²) in [6.45, 7) is 0.592. The van der Waals surface area contributed by atoms with Gasteiger partial charge in [-0.25, -0.2) is 0 Å². The molecule has 4 rings (SSSR count). The molecule has 0 aliphatic carbocycles. The molecule has 1 amide bonds. The van der Waals surface area contributed by atoms with Crippen LogP contribution in [0.25, 0.3) is 11.1 Å². The summed E-state index contributed by atoms with van der Waals surface area (Å²) in [5.41, 5.74) is 3.31. The number of ether oxygens (including phenoxy) is 2. The van der Waals surface area contributed by atoms with Crippen LogP contribution in [0.15, 0.2) is 60.9 Å². The molecule has 0 bridgehead atoms. The minimum atomic E-state index is -0.117. The van der Waals surface area contributed by atoms with E-state index >= 15 is 0 Å². The van der Waals surface area contributed by atoms with Crippen molar-refractivity contribution >= 4 is 5.91 Å². The number of hydrogen-bond acceptors (Lipinski definition) is 3. The second kappa shape index (κ2) is 6.96. The molecule has 5 nitrogen and oxygen atoms in total. The fraction of sp³-hybridized carbons (Fsp3) is 0.190. The lowest BCUT2D eigenvalue weighted by Crippen LogP contribution is -2.32. The third-order valence-corrected chi connectivity index (χ3v) is 4.65. The van der Waals surface area contributed by atoms with E-state index in [0.29, 0.717) is 12.2 Å². The number of fused-ring (bicyclic) bond motifs is 1. The number of methoxy groups -OCH3 is 1. The zero-order chi connectivity index (χ0) is 17.9. The van der Waals surface area contributed by atoms with Gasteiger partial charge in [-0.1, -0.05) is 36.4 Å². The number of hydrogen-bond donors (Lipinski definition) is 2. The van der Waals surface area contributed by atoms with Gasteiger partial charge >= 0.3 is 0 Å². The molecular weight excluding hydrogens is 328 g/mol. The standard InChI is InChI=1S/C21H20N2O3/c1-25-19-8-4-2-6-14(19)16-12-22-13-17(16)21(24)23-18-10-11-26-20-9-5-3-7-15(18)20/h2-9,12-13,18,22H,10-11H2,1H3,(H,23,24)/t18-/m1/s1. The summed E-state index contributed by atoms with van der Waals surface area (Å²) in [5, 5.41) is 3.15. The highest BCUT2D eigenvalue weighted by Gasteiger charge is 2.25. The molecule has 26 heavy (non-hydrogen) atoms. The van der Waals surface area contributed by atoms with E-state index in [1.807, 2.05) is 54.7 Å². The molecule has 5 heteroatoms. The van der Waals surface area contributed by atoms with Crippen molar-refractivity contribution in [3.8, 4) is 22.6 Å². The van der Waals surface area contributed by atoms with Gasteiger partial charge in [-0.2, -0.15) is 0 Å². The number of rotatable bonds is 4. The van der Waals surface area contributed by atoms with E-state index < -0.39 is 0 Å². The zero-order valence-corrected chi connectivity index (χ0v) is 14.5. The van der Waals surface area contributed by atoms with Gasteiger partial charge in [0.05, 0.1) is 25.3 Å². The molecule has 132 valence electrons. The summed E-state index contributed by atoms with van der Waals surface area (Å²) in [7, 11) is 1.63. The predicted octanol–water partition coefficient (Wildman–Crippen LogP) is 3.94. The smallest absolute Gasteiger partial charge is 0.253 e. The summed E-state index contributed by atoms with van der Waals surface area (Å²) < 4.78 is 11.1. The van der Waals surface area contributed by atoms with E-state index in [2.05, 4.69) is 10.3 Å². The largest absolute Gasteiger partial charge is 0.496 e. The molecule has 2 aromatic carbocycles. The monoisotopic (exact) mass is 348 g/mol. The molecule has 0 spiro atoms. The van der Waals surface area contributed by atoms with Gasteiger partial charge in [0.25, 0.3) is 5.91 Å². The first-order valence-corrected chi connectivity index (χ1v) is 8.60. The van der Waals surface area contributed by atoms with Gasteiger partial charge < -0.3 is 19.8 Å². The number of amides is 1. The zero-order valence-electron chi connectivity index (χ0n) is 14.5. The Labute approximate surface area is 152 Å². The Morgan fingerprint density at radius 3 is 2.81 bits per heavy atom. The van der Waals surface area contributed by atoms with Crippen molar-refractivity contribution in [1.82, 2.24) is 10.3 Å². The molecule has 1 aliphatic heterocycles. The van der Waals surface area contributed by atoms with Crippen molar-refractivity contribution in [3.63, 3.8) is 0 Å². The maximum Gasteiger partial charge on any atom is 0.253 e. The van der Waals surface area contributed by atoms with Crippen LogP contribution in [-0.2, 0) is 0 Å². The number of carbonyl (C=O) groups excluding carboxylic acids is 1. The van der Waals surface area contributed by atoms with Crippen molar-refractivity contribution in [3.05, 3.63) is 72.1 Å². The molecule has 2 N–H and O–H groups in total. The maximum atomic E-state index is 13.0. The number of benzene rings is 2. The van der Waals surface area contributed by atoms with Crippen LogP contribution >= 0.6 is 0 Å². The van der Waals surface area contributed by atoms with Crippen LogP contribution in [-0.4, -0.2) is 24.6 Å². The summed E-state index contributed by atoms with van der Waals surface area (Å²) in [6.07, 6.45) is 4.30. The lowest BCUT2D eigenvalue weighted by molar-refractivity contribution is 0.0925. The van der Waals surface area contributed by atoms with Gasteiger partial charge in [0.15, 0.2) is 0 Å². The quantitative estimate of drug-likeness (QED) is 0.750. The van der Waals surface area contributed by atoms with Crippen molar-refractivity contribution in [2.24, 2.45) is 0 Å². The summed E-state index contributed by atoms with van der Waals surface area (Å²) in [6, 6.07) is 15.4. The topological polar surface area (TPSA) is 63.4 Å². The molecule has 1 aromatic heterocycles. The van der Waals surface area contributed by atoms with Crippen molar-refractivity contribution in [1.29, 1.82) is 0 Å². The molecule has 1 atom stereocenters. The van der Waals surface area contributed by atoms with E-state index in [4.69, 9.17) is 9.47 Å². The van der Waals surface area contributed by atoms with Crippen molar-refractivity contribution in [2.45, 2.75) is 12.5 Å². The van der Waals surface area contributed by atoms with Crippen LogP contribution in [0.4, 0.5) is 0 Å². The van der Waals surface area contributed by atoms with Gasteiger partial charge in [0.2, 0.25) is 0 Å². The minimum Gasteiger partial charge on any atom is -0.496 e. The van der Waals surface area contributed by atoms with Crippen molar-refractivity contribution in [2.75, 3.05) is 13.7 Å². The molecule has 0 saturated heterocycles. The molecule has 0 radical (unpaired) electrons. The Hall–Kier alpha value is -3.21. The SMILES string of the molecule is COc1ccccc1-c1c[nH]cc1C(=O)N[C@@H]1CCOc2ccccc21. The normalized spacial score (nSPS) is 15.7. The second-order valence-corrected chi connectivity index (χ2v) is 6.18. The Morgan fingerprint density at radius 1 is 1.12 bits per heavy atom. The van der Waals surface area contributed by atoms with Gasteiger partial charge in [-0.3, -0.25) is 4.79 Å². The number of nitrogens with one attached hydrogen (secondary N) is 2. The molecule has 1 aliphatic rings.